The van der Waals surface area contributed by atoms with Gasteiger partial charge in [-0.05, 0) is 70.0 Å². The van der Waals surface area contributed by atoms with Crippen molar-refractivity contribution in [1.29, 1.82) is 0 Å². The number of hydrogen-bond donors (Lipinski definition) is 0. The summed E-state index contributed by atoms with van der Waals surface area (Å²) in [5.41, 5.74) is -1.53. The van der Waals surface area contributed by atoms with Gasteiger partial charge in [0.15, 0.2) is 5.17 Å². The van der Waals surface area contributed by atoms with E-state index in [-0.39, 0.29) is 23.4 Å². The molecule has 3 atom stereocenters. The molecule has 0 bridgehead atoms. The predicted octanol–water partition coefficient (Wildman–Crippen LogP) is 7.89. The number of ether oxygens (including phenoxy) is 2. The van der Waals surface area contributed by atoms with Gasteiger partial charge in [-0.15, -0.1) is 5.10 Å². The van der Waals surface area contributed by atoms with E-state index in [9.17, 15) is 4.79 Å². The molecule has 236 valence electrons. The van der Waals surface area contributed by atoms with Gasteiger partial charge >= 0.3 is 6.09 Å². The summed E-state index contributed by atoms with van der Waals surface area (Å²) in [5, 5.41) is 8.27. The number of hydrogen-bond acceptors (Lipinski definition) is 7. The highest BCUT2D eigenvalue weighted by Crippen LogP contribution is 2.42. The summed E-state index contributed by atoms with van der Waals surface area (Å²) < 4.78 is 45.2. The van der Waals surface area contributed by atoms with Crippen molar-refractivity contribution >= 4 is 47.0 Å². The molecule has 0 radical (unpaired) electrons. The fourth-order valence-corrected chi connectivity index (χ4v) is 5.99. The first-order chi connectivity index (χ1) is 19.4. The van der Waals surface area contributed by atoms with Gasteiger partial charge in [-0.2, -0.15) is 0 Å². The van der Waals surface area contributed by atoms with E-state index in [0.29, 0.717) is 17.6 Å². The number of amidine groups is 1. The van der Waals surface area contributed by atoms with Crippen LogP contribution in [0.15, 0.2) is 33.9 Å². The van der Waals surface area contributed by atoms with Gasteiger partial charge in [0.25, 0.3) is 0 Å². The van der Waals surface area contributed by atoms with E-state index in [1.165, 1.54) is 11.0 Å². The summed E-state index contributed by atoms with van der Waals surface area (Å²) in [6.07, 6.45) is 2.72. The number of carbonyl (C=O) groups is 1. The third-order valence-electron chi connectivity index (χ3n) is 7.02. The number of halogens is 3. The first kappa shape index (κ1) is 36.4. The van der Waals surface area contributed by atoms with Crippen LogP contribution in [0.1, 0.15) is 45.9 Å². The second-order valence-corrected chi connectivity index (χ2v) is 20.2. The van der Waals surface area contributed by atoms with E-state index in [1.807, 2.05) is 20.8 Å². The number of aromatic nitrogens is 3. The van der Waals surface area contributed by atoms with E-state index in [0.717, 1.165) is 23.5 Å². The molecule has 42 heavy (non-hydrogen) atoms. The van der Waals surface area contributed by atoms with E-state index >= 15 is 8.78 Å². The second kappa shape index (κ2) is 15.2. The maximum absolute atomic E-state index is 15.7. The number of aryl methyl sites for hydroxylation is 1. The summed E-state index contributed by atoms with van der Waals surface area (Å²) in [7, 11) is -1.39. The summed E-state index contributed by atoms with van der Waals surface area (Å²) in [6, 6.07) is 5.31. The summed E-state index contributed by atoms with van der Waals surface area (Å²) in [5.74, 6) is -1.34. The Labute approximate surface area is 263 Å². The molecule has 0 unspecified atom stereocenters. The van der Waals surface area contributed by atoms with Crippen LogP contribution in [0.4, 0.5) is 13.6 Å². The first-order valence-corrected chi connectivity index (χ1v) is 19.7. The van der Waals surface area contributed by atoms with Crippen molar-refractivity contribution < 1.29 is 23.0 Å². The molecule has 2 aromatic rings. The highest BCUT2D eigenvalue weighted by molar-refractivity contribution is 9.10. The Balaban J connectivity index is 2.67. The Morgan fingerprint density at radius 3 is 2.45 bits per heavy atom. The van der Waals surface area contributed by atoms with Crippen LogP contribution in [-0.4, -0.2) is 71.1 Å². The lowest BCUT2D eigenvalue weighted by atomic mass is 9.74. The molecule has 0 fully saturated rings. The van der Waals surface area contributed by atoms with E-state index in [1.54, 1.807) is 50.0 Å². The van der Waals surface area contributed by atoms with Gasteiger partial charge < -0.3 is 9.47 Å². The molecule has 0 N–H and O–H groups in total. The highest BCUT2D eigenvalue weighted by atomic mass is 79.9. The SMILES string of the molecule is CSC(=N[C@](CF)(c1cc(Br)ccc1F)[C@H](C)[C@@H](C)Cn1nncc1C)N(COCC[Si](C)(C)C)C(=O)OC(C)(C)C. The van der Waals surface area contributed by atoms with Gasteiger partial charge in [0.2, 0.25) is 0 Å². The van der Waals surface area contributed by atoms with Gasteiger partial charge in [0, 0.05) is 31.3 Å². The second-order valence-electron chi connectivity index (χ2n) is 12.9. The molecule has 0 saturated heterocycles. The Hall–Kier alpha value is -1.83. The minimum atomic E-state index is -1.68. The fraction of sp³-hybridized carbons (Fsp3) is 0.655. The number of amides is 1. The van der Waals surface area contributed by atoms with Gasteiger partial charge in [-0.25, -0.2) is 28.1 Å². The number of alkyl halides is 1. The molecule has 1 aromatic heterocycles. The van der Waals surface area contributed by atoms with Gasteiger partial charge in [0.1, 0.15) is 30.4 Å². The Morgan fingerprint density at radius 2 is 1.93 bits per heavy atom. The summed E-state index contributed by atoms with van der Waals surface area (Å²) in [4.78, 5) is 19.7. The fourth-order valence-electron chi connectivity index (χ4n) is 4.28. The number of benzene rings is 1. The third-order valence-corrected chi connectivity index (χ3v) is 9.89. The van der Waals surface area contributed by atoms with Gasteiger partial charge in [0.05, 0.1) is 11.9 Å². The maximum atomic E-state index is 15.7. The van der Waals surface area contributed by atoms with Crippen LogP contribution >= 0.6 is 27.7 Å². The van der Waals surface area contributed by atoms with Crippen molar-refractivity contribution in [2.24, 2.45) is 16.8 Å². The largest absolute Gasteiger partial charge is 0.443 e. The molecule has 2 rings (SSSR count). The number of nitrogens with zero attached hydrogens (tertiary/aromatic N) is 5. The Kier molecular flexibility index (Phi) is 13.2. The minimum Gasteiger partial charge on any atom is -0.443 e. The van der Waals surface area contributed by atoms with E-state index in [4.69, 9.17) is 14.5 Å². The smallest absolute Gasteiger partial charge is 0.418 e. The van der Waals surface area contributed by atoms with Crippen LogP contribution in [0, 0.1) is 24.6 Å². The van der Waals surface area contributed by atoms with Crippen molar-refractivity contribution in [2.45, 2.75) is 84.9 Å². The van der Waals surface area contributed by atoms with E-state index < -0.39 is 43.7 Å². The highest BCUT2D eigenvalue weighted by Gasteiger charge is 2.44. The summed E-state index contributed by atoms with van der Waals surface area (Å²) in [6.45, 7) is 17.4. The monoisotopic (exact) mass is 689 g/mol. The third kappa shape index (κ3) is 10.1. The van der Waals surface area contributed by atoms with Crippen molar-refractivity contribution in [2.75, 3.05) is 26.3 Å². The average molecular weight is 691 g/mol. The zero-order chi connectivity index (χ0) is 31.9. The molecule has 13 heteroatoms. The molecular weight excluding hydrogens is 644 g/mol. The van der Waals surface area contributed by atoms with Gasteiger partial charge in [-0.3, -0.25) is 0 Å². The Bertz CT molecular complexity index is 1220. The predicted molar refractivity (Wildman–Crippen MR) is 173 cm³/mol. The van der Waals surface area contributed by atoms with Crippen LogP contribution in [0.5, 0.6) is 0 Å². The standard InChI is InChI=1S/C29H46BrF2N5O3SSi/c1-20(17-37-21(2)16-33-35-37)22(3)29(18-31,24-15-23(30)11-12-25(24)32)34-26(41-7)36(27(38)40-28(4,5)6)19-39-13-14-42(8,9)10/h11-12,15-16,20,22H,13-14,17-19H2,1-10H3/t20-,22+,29-/m0/s1. The Morgan fingerprint density at radius 1 is 1.26 bits per heavy atom. The van der Waals surface area contributed by atoms with Crippen molar-refractivity contribution in [1.82, 2.24) is 19.9 Å². The molecule has 1 heterocycles. The molecule has 0 aliphatic rings. The summed E-state index contributed by atoms with van der Waals surface area (Å²) >= 11 is 4.58. The molecular formula is C29H46BrF2N5O3SSi. The minimum absolute atomic E-state index is 0.0874. The molecule has 0 aliphatic heterocycles. The quantitative estimate of drug-likeness (QED) is 0.0741. The molecule has 1 aromatic carbocycles. The maximum Gasteiger partial charge on any atom is 0.418 e. The van der Waals surface area contributed by atoms with Gasteiger partial charge in [-0.1, -0.05) is 66.4 Å². The van der Waals surface area contributed by atoms with E-state index in [2.05, 4.69) is 45.9 Å². The van der Waals surface area contributed by atoms with Crippen molar-refractivity contribution in [3.8, 4) is 0 Å². The van der Waals surface area contributed by atoms with Crippen molar-refractivity contribution in [3.63, 3.8) is 0 Å². The molecule has 1 amide bonds. The van der Waals surface area contributed by atoms with Crippen LogP contribution < -0.4 is 0 Å². The lowest BCUT2D eigenvalue weighted by Gasteiger charge is -2.39. The van der Waals surface area contributed by atoms with Crippen LogP contribution in [0.2, 0.25) is 25.7 Å². The average Bonchev–Trinajstić information content (AvgIpc) is 3.29. The number of thioether (sulfide) groups is 1. The molecule has 0 spiro atoms. The normalized spacial score (nSPS) is 15.7. The van der Waals surface area contributed by atoms with Crippen LogP contribution in [0.25, 0.3) is 0 Å². The zero-order valence-corrected chi connectivity index (χ0v) is 29.9. The first-order valence-electron chi connectivity index (χ1n) is 14.0. The number of carbonyl (C=O) groups excluding carboxylic acids is 1. The van der Waals surface area contributed by atoms with Crippen LogP contribution in [0.3, 0.4) is 0 Å². The van der Waals surface area contributed by atoms with Crippen molar-refractivity contribution in [3.05, 3.63) is 45.9 Å². The molecule has 0 saturated carbocycles. The number of aliphatic imine (C=N–C) groups is 1. The van der Waals surface area contributed by atoms with Crippen LogP contribution in [-0.2, 0) is 21.6 Å². The molecule has 0 aliphatic carbocycles. The molecule has 8 nitrogen and oxygen atoms in total. The lowest BCUT2D eigenvalue weighted by molar-refractivity contribution is 0.0108. The zero-order valence-electron chi connectivity index (χ0n) is 26.5. The lowest BCUT2D eigenvalue weighted by Crippen LogP contribution is -2.45. The topological polar surface area (TPSA) is 81.8 Å². The number of rotatable bonds is 12.